The largest absolute Gasteiger partial charge is 0.506 e. The Bertz CT molecular complexity index is 1820. The fraction of sp³-hybridized carbons (Fsp3) is 0.367. The fourth-order valence-electron chi connectivity index (χ4n) is 6.11. The number of amides is 2. The van der Waals surface area contributed by atoms with Crippen molar-refractivity contribution in [3.05, 3.63) is 46.8 Å². The Morgan fingerprint density at radius 3 is 1.86 bits per heavy atom. The maximum Gasteiger partial charge on any atom is 0.414 e. The van der Waals surface area contributed by atoms with Crippen molar-refractivity contribution in [2.45, 2.75) is 38.2 Å². The number of carbonyl (C=O) groups is 3. The molecule has 0 spiro atoms. The molecule has 4 heterocycles. The minimum Gasteiger partial charge on any atom is -0.506 e. The summed E-state index contributed by atoms with van der Waals surface area (Å²) in [5.41, 5.74) is 2.69. The summed E-state index contributed by atoms with van der Waals surface area (Å²) < 4.78 is 10.4. The second kappa shape index (κ2) is 10.3. The number of fused-ring (bicyclic) bond motifs is 6. The highest BCUT2D eigenvalue weighted by Crippen LogP contribution is 2.48. The molecule has 2 aromatic heterocycles. The molecule has 4 N–H and O–H groups in total. The molecule has 4 aromatic rings. The third-order valence-corrected chi connectivity index (χ3v) is 8.64. The van der Waals surface area contributed by atoms with Gasteiger partial charge in [0.2, 0.25) is 0 Å². The molecule has 0 saturated carbocycles. The van der Waals surface area contributed by atoms with Crippen LogP contribution in [0.2, 0.25) is 0 Å². The molecule has 11 nitrogen and oxygen atoms in total. The van der Waals surface area contributed by atoms with Crippen LogP contribution in [0.15, 0.2) is 24.3 Å². The first-order valence-electron chi connectivity index (χ1n) is 13.7. The number of alkyl halides is 2. The van der Waals surface area contributed by atoms with Gasteiger partial charge in [0.1, 0.15) is 28.5 Å². The number of anilines is 2. The number of halogens is 2. The molecule has 0 aliphatic carbocycles. The molecular formula is C30H30Cl2N4O7. The molecule has 2 atom stereocenters. The monoisotopic (exact) mass is 628 g/mol. The summed E-state index contributed by atoms with van der Waals surface area (Å²) in [7, 11) is 1.26. The van der Waals surface area contributed by atoms with E-state index in [1.807, 2.05) is 0 Å². The van der Waals surface area contributed by atoms with E-state index >= 15 is 0 Å². The first kappa shape index (κ1) is 29.0. The van der Waals surface area contributed by atoms with Crippen LogP contribution in [0.3, 0.4) is 0 Å². The number of hydrogen-bond acceptors (Lipinski definition) is 7. The summed E-state index contributed by atoms with van der Waals surface area (Å²) in [6.45, 7) is 5.81. The summed E-state index contributed by atoms with van der Waals surface area (Å²) in [4.78, 5) is 48.2. The van der Waals surface area contributed by atoms with Gasteiger partial charge in [-0.3, -0.25) is 9.69 Å². The average Bonchev–Trinajstić information content (AvgIpc) is 3.73. The zero-order chi connectivity index (χ0) is 31.0. The molecule has 43 heavy (non-hydrogen) atoms. The van der Waals surface area contributed by atoms with Gasteiger partial charge in [0.25, 0.3) is 5.91 Å². The first-order chi connectivity index (χ1) is 20.4. The molecule has 0 unspecified atom stereocenters. The van der Waals surface area contributed by atoms with E-state index in [2.05, 4.69) is 9.97 Å². The van der Waals surface area contributed by atoms with Crippen LogP contribution in [-0.4, -0.2) is 75.7 Å². The van der Waals surface area contributed by atoms with Gasteiger partial charge >= 0.3 is 12.1 Å². The second-order valence-electron chi connectivity index (χ2n) is 11.8. The molecule has 2 aromatic carbocycles. The second-order valence-corrected chi connectivity index (χ2v) is 12.4. The molecule has 0 bridgehead atoms. The number of hydrogen-bond donors (Lipinski definition) is 4. The van der Waals surface area contributed by atoms with Crippen LogP contribution in [0.25, 0.3) is 21.8 Å². The maximum atomic E-state index is 14.0. The van der Waals surface area contributed by atoms with Crippen molar-refractivity contribution < 1.29 is 34.1 Å². The molecular weight excluding hydrogens is 599 g/mol. The molecule has 0 saturated heterocycles. The van der Waals surface area contributed by atoms with Crippen molar-refractivity contribution >= 4 is 74.4 Å². The topological polar surface area (TPSA) is 148 Å². The van der Waals surface area contributed by atoms with Crippen molar-refractivity contribution in [3.63, 3.8) is 0 Å². The lowest BCUT2D eigenvalue weighted by Crippen LogP contribution is -2.36. The third-order valence-electron chi connectivity index (χ3n) is 7.90. The minimum absolute atomic E-state index is 0.140. The normalized spacial score (nSPS) is 17.9. The van der Waals surface area contributed by atoms with Gasteiger partial charge in [0, 0.05) is 59.6 Å². The molecule has 6 rings (SSSR count). The molecule has 2 aliphatic rings. The van der Waals surface area contributed by atoms with Crippen LogP contribution in [0, 0.1) is 0 Å². The maximum absolute atomic E-state index is 14.0. The predicted molar refractivity (Wildman–Crippen MR) is 163 cm³/mol. The quantitative estimate of drug-likeness (QED) is 0.162. The molecule has 0 radical (unpaired) electrons. The fourth-order valence-corrected chi connectivity index (χ4v) is 6.62. The minimum atomic E-state index is -0.718. The van der Waals surface area contributed by atoms with Crippen LogP contribution < -0.4 is 9.80 Å². The van der Waals surface area contributed by atoms with Crippen molar-refractivity contribution in [1.29, 1.82) is 0 Å². The van der Waals surface area contributed by atoms with Gasteiger partial charge in [-0.25, -0.2) is 9.59 Å². The molecule has 226 valence electrons. The number of rotatable bonds is 4. The van der Waals surface area contributed by atoms with Crippen LogP contribution in [0.5, 0.6) is 11.5 Å². The number of phenolic OH excluding ortho intramolecular Hbond substituents is 2. The number of aromatic nitrogens is 2. The van der Waals surface area contributed by atoms with Gasteiger partial charge in [-0.1, -0.05) is 0 Å². The Kier molecular flexibility index (Phi) is 6.93. The highest BCUT2D eigenvalue weighted by Gasteiger charge is 2.39. The highest BCUT2D eigenvalue weighted by atomic mass is 35.5. The van der Waals surface area contributed by atoms with E-state index < -0.39 is 23.6 Å². The lowest BCUT2D eigenvalue weighted by atomic mass is 9.98. The number of phenols is 2. The Morgan fingerprint density at radius 1 is 0.860 bits per heavy atom. The van der Waals surface area contributed by atoms with E-state index in [1.54, 1.807) is 32.9 Å². The van der Waals surface area contributed by atoms with Crippen LogP contribution in [0.4, 0.5) is 16.2 Å². The molecule has 2 aliphatic heterocycles. The Morgan fingerprint density at radius 2 is 1.35 bits per heavy atom. The van der Waals surface area contributed by atoms with E-state index in [4.69, 9.17) is 32.7 Å². The van der Waals surface area contributed by atoms with Crippen molar-refractivity contribution in [1.82, 2.24) is 9.97 Å². The molecule has 2 amide bonds. The first-order valence-corrected chi connectivity index (χ1v) is 14.7. The smallest absolute Gasteiger partial charge is 0.414 e. The SMILES string of the molecule is COC(=O)c1cc2c3c(cc(O)c2[nH]1)N(C(=O)c1cc2c4c(cc(O)c2[nH]1)N(C(=O)OC(C)(C)C)C[C@H]4CCl)C[C@H]3CCl. The number of aromatic hydroxyl groups is 2. The lowest BCUT2D eigenvalue weighted by molar-refractivity contribution is 0.0577. The van der Waals surface area contributed by atoms with E-state index in [1.165, 1.54) is 29.0 Å². The number of nitrogens with zero attached hydrogens (tertiary/aromatic N) is 2. The number of H-pyrrole nitrogens is 2. The summed E-state index contributed by atoms with van der Waals surface area (Å²) in [6.07, 6.45) is -0.557. The van der Waals surface area contributed by atoms with Gasteiger partial charge in [-0.05, 0) is 44.0 Å². The van der Waals surface area contributed by atoms with Gasteiger partial charge in [-0.2, -0.15) is 0 Å². The Balaban J connectivity index is 1.43. The zero-order valence-corrected chi connectivity index (χ0v) is 25.4. The van der Waals surface area contributed by atoms with E-state index in [-0.39, 0.29) is 59.6 Å². The van der Waals surface area contributed by atoms with Crippen LogP contribution >= 0.6 is 23.2 Å². The van der Waals surface area contributed by atoms with Crippen molar-refractivity contribution in [2.75, 3.05) is 41.8 Å². The summed E-state index contributed by atoms with van der Waals surface area (Å²) in [5.74, 6) is -1.44. The summed E-state index contributed by atoms with van der Waals surface area (Å²) in [6, 6.07) is 6.18. The zero-order valence-electron chi connectivity index (χ0n) is 23.9. The Labute approximate surface area is 256 Å². The van der Waals surface area contributed by atoms with E-state index in [0.717, 1.165) is 11.1 Å². The van der Waals surface area contributed by atoms with Gasteiger partial charge < -0.3 is 34.6 Å². The van der Waals surface area contributed by atoms with Crippen LogP contribution in [-0.2, 0) is 9.47 Å². The summed E-state index contributed by atoms with van der Waals surface area (Å²) in [5, 5.41) is 23.0. The van der Waals surface area contributed by atoms with Gasteiger partial charge in [0.15, 0.2) is 0 Å². The lowest BCUT2D eigenvalue weighted by Gasteiger charge is -2.25. The standard InChI is InChI=1S/C30H30Cl2N4O7/c1-30(2,3)43-29(41)36-12-14(10-32)24-15-5-17(33-25(15)22(38)8-20(24)36)27(39)35-11-13(9-31)23-16-6-18(28(40)42-4)34-26(16)21(37)7-19(23)35/h5-8,13-14,33-34,37-38H,9-12H2,1-4H3/t13-,14-/m1/s1. The van der Waals surface area contributed by atoms with Gasteiger partial charge in [0.05, 0.1) is 29.5 Å². The van der Waals surface area contributed by atoms with Crippen molar-refractivity contribution in [2.24, 2.45) is 0 Å². The number of carbonyl (C=O) groups excluding carboxylic acids is 3. The van der Waals surface area contributed by atoms with E-state index in [9.17, 15) is 24.6 Å². The van der Waals surface area contributed by atoms with Gasteiger partial charge in [-0.15, -0.1) is 23.2 Å². The Hall–Kier alpha value is -4.09. The number of ether oxygens (including phenoxy) is 2. The molecule has 13 heteroatoms. The third kappa shape index (κ3) is 4.62. The number of esters is 1. The number of aromatic amines is 2. The number of methoxy groups -OCH3 is 1. The van der Waals surface area contributed by atoms with Crippen molar-refractivity contribution in [3.8, 4) is 11.5 Å². The highest BCUT2D eigenvalue weighted by molar-refractivity contribution is 6.20. The summed E-state index contributed by atoms with van der Waals surface area (Å²) >= 11 is 12.7. The van der Waals surface area contributed by atoms with E-state index in [0.29, 0.717) is 33.2 Å². The average molecular weight is 629 g/mol. The predicted octanol–water partition coefficient (Wildman–Crippen LogP) is 5.91. The number of nitrogens with one attached hydrogen (secondary N) is 2. The number of benzene rings is 2. The van der Waals surface area contributed by atoms with Crippen LogP contribution in [0.1, 0.15) is 64.7 Å². The molecule has 0 fully saturated rings.